The first-order chi connectivity index (χ1) is 12.1. The van der Waals surface area contributed by atoms with E-state index in [1.165, 1.54) is 17.3 Å². The van der Waals surface area contributed by atoms with Crippen LogP contribution in [0.2, 0.25) is 0 Å². The lowest BCUT2D eigenvalue weighted by molar-refractivity contribution is 0.0994. The zero-order chi connectivity index (χ0) is 17.8. The van der Waals surface area contributed by atoms with Crippen LogP contribution < -0.4 is 0 Å². The molecule has 3 aromatic rings. The summed E-state index contributed by atoms with van der Waals surface area (Å²) in [5.74, 6) is 0.909. The van der Waals surface area contributed by atoms with Gasteiger partial charge in [-0.25, -0.2) is 0 Å². The van der Waals surface area contributed by atoms with Gasteiger partial charge in [-0.15, -0.1) is 10.2 Å². The van der Waals surface area contributed by atoms with Gasteiger partial charge in [-0.2, -0.15) is 0 Å². The zero-order valence-corrected chi connectivity index (χ0v) is 15.5. The van der Waals surface area contributed by atoms with Crippen molar-refractivity contribution in [3.05, 3.63) is 65.7 Å². The van der Waals surface area contributed by atoms with Gasteiger partial charge in [0.25, 0.3) is 0 Å². The number of ketones is 1. The Balaban J connectivity index is 1.75. The lowest BCUT2D eigenvalue weighted by Gasteiger charge is -2.10. The van der Waals surface area contributed by atoms with Crippen LogP contribution in [0.1, 0.15) is 29.8 Å². The molecular formula is C20H21N3OS. The van der Waals surface area contributed by atoms with E-state index in [9.17, 15) is 4.79 Å². The fraction of sp³-hybridized carbons (Fsp3) is 0.250. The van der Waals surface area contributed by atoms with E-state index in [4.69, 9.17) is 0 Å². The van der Waals surface area contributed by atoms with Crippen LogP contribution in [0.15, 0.2) is 59.8 Å². The molecule has 1 atom stereocenters. The highest BCUT2D eigenvalue weighted by molar-refractivity contribution is 8.00. The quantitative estimate of drug-likeness (QED) is 0.487. The molecule has 1 heterocycles. The van der Waals surface area contributed by atoms with Gasteiger partial charge >= 0.3 is 0 Å². The molecule has 0 fully saturated rings. The number of aryl methyl sites for hydroxylation is 1. The van der Waals surface area contributed by atoms with Crippen molar-refractivity contribution in [2.75, 3.05) is 0 Å². The van der Waals surface area contributed by atoms with Crippen molar-refractivity contribution in [1.29, 1.82) is 0 Å². The van der Waals surface area contributed by atoms with E-state index in [2.05, 4.69) is 17.1 Å². The number of Topliss-reactive ketones (excluding diaryl/α,β-unsaturated/α-hetero) is 1. The molecule has 2 aromatic carbocycles. The molecule has 0 aliphatic carbocycles. The number of benzene rings is 2. The highest BCUT2D eigenvalue weighted by Gasteiger charge is 2.20. The zero-order valence-electron chi connectivity index (χ0n) is 14.6. The summed E-state index contributed by atoms with van der Waals surface area (Å²) in [5.41, 5.74) is 2.98. The van der Waals surface area contributed by atoms with Crippen molar-refractivity contribution in [3.63, 3.8) is 0 Å². The standard InChI is InChI=1S/C20H21N3OS/c1-4-15-10-12-16(13-11-15)18(24)14(2)25-20-22-21-19(23(20)3)17-8-6-5-7-9-17/h5-14H,4H2,1-3H3/t14-/m1/s1. The van der Waals surface area contributed by atoms with Gasteiger partial charge in [0.05, 0.1) is 5.25 Å². The molecule has 128 valence electrons. The normalized spacial score (nSPS) is 12.1. The predicted molar refractivity (Wildman–Crippen MR) is 102 cm³/mol. The molecule has 0 radical (unpaired) electrons. The van der Waals surface area contributed by atoms with Crippen LogP contribution in [0, 0.1) is 0 Å². The lowest BCUT2D eigenvalue weighted by atomic mass is 10.1. The van der Waals surface area contributed by atoms with Gasteiger partial charge in [-0.05, 0) is 18.9 Å². The second-order valence-corrected chi connectivity index (χ2v) is 7.21. The molecule has 3 rings (SSSR count). The average Bonchev–Trinajstić information content (AvgIpc) is 3.02. The summed E-state index contributed by atoms with van der Waals surface area (Å²) >= 11 is 1.44. The summed E-state index contributed by atoms with van der Waals surface area (Å²) in [5, 5.41) is 9.05. The largest absolute Gasteiger partial charge is 0.305 e. The van der Waals surface area contributed by atoms with Gasteiger partial charge in [0.1, 0.15) is 0 Å². The second-order valence-electron chi connectivity index (χ2n) is 5.91. The Morgan fingerprint density at radius 3 is 2.40 bits per heavy atom. The Morgan fingerprint density at radius 2 is 1.76 bits per heavy atom. The lowest BCUT2D eigenvalue weighted by Crippen LogP contribution is -2.14. The SMILES string of the molecule is CCc1ccc(C(=O)[C@@H](C)Sc2nnc(-c3ccccc3)n2C)cc1. The predicted octanol–water partition coefficient (Wildman–Crippen LogP) is 4.41. The average molecular weight is 351 g/mol. The van der Waals surface area contributed by atoms with Crippen LogP contribution in [0.3, 0.4) is 0 Å². The summed E-state index contributed by atoms with van der Waals surface area (Å²) < 4.78 is 1.93. The number of hydrogen-bond acceptors (Lipinski definition) is 4. The third kappa shape index (κ3) is 3.82. The molecule has 0 saturated heterocycles. The van der Waals surface area contributed by atoms with E-state index >= 15 is 0 Å². The van der Waals surface area contributed by atoms with Gasteiger partial charge < -0.3 is 4.57 Å². The Labute approximate surface area is 152 Å². The number of carbonyl (C=O) groups is 1. The molecule has 0 unspecified atom stereocenters. The van der Waals surface area contributed by atoms with Gasteiger partial charge in [-0.1, -0.05) is 73.3 Å². The smallest absolute Gasteiger partial charge is 0.191 e. The van der Waals surface area contributed by atoms with Crippen LogP contribution in [0.5, 0.6) is 0 Å². The Hall–Kier alpha value is -2.40. The van der Waals surface area contributed by atoms with E-state index in [0.717, 1.165) is 28.5 Å². The summed E-state index contributed by atoms with van der Waals surface area (Å²) in [6.45, 7) is 4.02. The summed E-state index contributed by atoms with van der Waals surface area (Å²) in [7, 11) is 1.93. The Kier molecular flexibility index (Phi) is 5.34. The van der Waals surface area contributed by atoms with E-state index in [1.807, 2.05) is 73.1 Å². The topological polar surface area (TPSA) is 47.8 Å². The third-order valence-corrected chi connectivity index (χ3v) is 5.30. The van der Waals surface area contributed by atoms with Crippen molar-refractivity contribution < 1.29 is 4.79 Å². The highest BCUT2D eigenvalue weighted by Crippen LogP contribution is 2.27. The molecule has 0 spiro atoms. The fourth-order valence-corrected chi connectivity index (χ4v) is 3.50. The van der Waals surface area contributed by atoms with Crippen molar-refractivity contribution >= 4 is 17.5 Å². The molecule has 0 aliphatic heterocycles. The second kappa shape index (κ2) is 7.66. The summed E-state index contributed by atoms with van der Waals surface area (Å²) in [6, 6.07) is 17.8. The van der Waals surface area contributed by atoms with E-state index < -0.39 is 0 Å². The van der Waals surface area contributed by atoms with E-state index in [1.54, 1.807) is 0 Å². The minimum Gasteiger partial charge on any atom is -0.305 e. The van der Waals surface area contributed by atoms with E-state index in [0.29, 0.717) is 0 Å². The molecule has 0 N–H and O–H groups in total. The van der Waals surface area contributed by atoms with Crippen molar-refractivity contribution in [2.24, 2.45) is 7.05 Å². The maximum Gasteiger partial charge on any atom is 0.191 e. The molecule has 5 heteroatoms. The highest BCUT2D eigenvalue weighted by atomic mass is 32.2. The summed E-state index contributed by atoms with van der Waals surface area (Å²) in [4.78, 5) is 12.7. The van der Waals surface area contributed by atoms with Gasteiger partial charge in [0, 0.05) is 18.2 Å². The molecule has 4 nitrogen and oxygen atoms in total. The number of nitrogens with zero attached hydrogens (tertiary/aromatic N) is 3. The first kappa shape index (κ1) is 17.4. The summed E-state index contributed by atoms with van der Waals surface area (Å²) in [6.07, 6.45) is 0.972. The van der Waals surface area contributed by atoms with Crippen LogP contribution in [-0.2, 0) is 13.5 Å². The molecule has 0 bridgehead atoms. The molecular weight excluding hydrogens is 330 g/mol. The maximum atomic E-state index is 12.7. The first-order valence-electron chi connectivity index (χ1n) is 8.34. The Morgan fingerprint density at radius 1 is 1.08 bits per heavy atom. The number of rotatable bonds is 6. The van der Waals surface area contributed by atoms with Crippen LogP contribution in [0.4, 0.5) is 0 Å². The first-order valence-corrected chi connectivity index (χ1v) is 9.22. The minimum atomic E-state index is -0.223. The van der Waals surface area contributed by atoms with E-state index in [-0.39, 0.29) is 11.0 Å². The van der Waals surface area contributed by atoms with Crippen LogP contribution in [-0.4, -0.2) is 25.8 Å². The van der Waals surface area contributed by atoms with Crippen molar-refractivity contribution in [2.45, 2.75) is 30.7 Å². The maximum absolute atomic E-state index is 12.7. The van der Waals surface area contributed by atoms with Gasteiger partial charge in [0.15, 0.2) is 16.8 Å². The monoisotopic (exact) mass is 351 g/mol. The minimum absolute atomic E-state index is 0.108. The number of carbonyl (C=O) groups excluding carboxylic acids is 1. The van der Waals surface area contributed by atoms with Gasteiger partial charge in [0.2, 0.25) is 0 Å². The Bertz CT molecular complexity index is 856. The number of hydrogen-bond donors (Lipinski definition) is 0. The number of thioether (sulfide) groups is 1. The molecule has 25 heavy (non-hydrogen) atoms. The number of aromatic nitrogens is 3. The molecule has 0 amide bonds. The fourth-order valence-electron chi connectivity index (χ4n) is 2.61. The van der Waals surface area contributed by atoms with Crippen LogP contribution in [0.25, 0.3) is 11.4 Å². The van der Waals surface area contributed by atoms with Crippen molar-refractivity contribution in [1.82, 2.24) is 14.8 Å². The third-order valence-electron chi connectivity index (χ3n) is 4.17. The van der Waals surface area contributed by atoms with Crippen molar-refractivity contribution in [3.8, 4) is 11.4 Å². The van der Waals surface area contributed by atoms with Crippen LogP contribution >= 0.6 is 11.8 Å². The molecule has 0 saturated carbocycles. The molecule has 0 aliphatic rings. The van der Waals surface area contributed by atoms with Gasteiger partial charge in [-0.3, -0.25) is 4.79 Å². The molecule has 1 aromatic heterocycles.